The monoisotopic (exact) mass is 441 g/mol. The van der Waals surface area contributed by atoms with E-state index in [1.807, 2.05) is 19.2 Å². The van der Waals surface area contributed by atoms with Crippen LogP contribution in [0.3, 0.4) is 0 Å². The van der Waals surface area contributed by atoms with Gasteiger partial charge in [0.2, 0.25) is 0 Å². The Labute approximate surface area is 182 Å². The predicted molar refractivity (Wildman–Crippen MR) is 111 cm³/mol. The molecule has 0 saturated heterocycles. The number of imide groups is 2. The maximum Gasteiger partial charge on any atom is 0.338 e. The second-order valence-corrected chi connectivity index (χ2v) is 7.41. The molecule has 2 N–H and O–H groups in total. The van der Waals surface area contributed by atoms with Crippen LogP contribution in [0.15, 0.2) is 42.5 Å². The maximum absolute atomic E-state index is 13.2. The van der Waals surface area contributed by atoms with Crippen LogP contribution in [0.1, 0.15) is 44.9 Å². The normalized spacial score (nSPS) is 12.6. The molecule has 1 heterocycles. The van der Waals surface area contributed by atoms with E-state index in [9.17, 15) is 28.4 Å². The SMILES string of the molecule is CC(C)CNC(=O)NC(=O)COC(=O)c1ccc2c(c1)C(=O)N(c1ccc(F)cc1)C2=O. The Morgan fingerprint density at radius 3 is 2.31 bits per heavy atom. The number of carbonyl (C=O) groups excluding carboxylic acids is 5. The zero-order valence-electron chi connectivity index (χ0n) is 17.3. The molecule has 3 rings (SSSR count). The molecule has 10 heteroatoms. The van der Waals surface area contributed by atoms with Crippen LogP contribution in [0.5, 0.6) is 0 Å². The van der Waals surface area contributed by atoms with Crippen molar-refractivity contribution >= 4 is 35.4 Å². The fourth-order valence-electron chi connectivity index (χ4n) is 2.91. The molecule has 0 bridgehead atoms. The van der Waals surface area contributed by atoms with Gasteiger partial charge in [0, 0.05) is 6.54 Å². The third kappa shape index (κ3) is 4.97. The van der Waals surface area contributed by atoms with Gasteiger partial charge in [-0.25, -0.2) is 18.9 Å². The van der Waals surface area contributed by atoms with Crippen molar-refractivity contribution in [3.8, 4) is 0 Å². The minimum Gasteiger partial charge on any atom is -0.452 e. The number of urea groups is 1. The van der Waals surface area contributed by atoms with Crippen LogP contribution in [0.2, 0.25) is 0 Å². The van der Waals surface area contributed by atoms with Gasteiger partial charge in [-0.15, -0.1) is 0 Å². The smallest absolute Gasteiger partial charge is 0.338 e. The molecular weight excluding hydrogens is 421 g/mol. The van der Waals surface area contributed by atoms with E-state index in [1.54, 1.807) is 0 Å². The number of hydrogen-bond acceptors (Lipinski definition) is 6. The number of benzene rings is 2. The first-order valence-electron chi connectivity index (χ1n) is 9.70. The van der Waals surface area contributed by atoms with E-state index in [0.29, 0.717) is 6.54 Å². The molecule has 0 saturated carbocycles. The largest absolute Gasteiger partial charge is 0.452 e. The molecule has 0 unspecified atom stereocenters. The Morgan fingerprint density at radius 2 is 1.66 bits per heavy atom. The minimum absolute atomic E-state index is 0.0220. The molecule has 5 amide bonds. The van der Waals surface area contributed by atoms with E-state index in [4.69, 9.17) is 4.74 Å². The van der Waals surface area contributed by atoms with Crippen LogP contribution in [0, 0.1) is 11.7 Å². The van der Waals surface area contributed by atoms with Gasteiger partial charge in [-0.2, -0.15) is 0 Å². The van der Waals surface area contributed by atoms with Crippen molar-refractivity contribution in [2.75, 3.05) is 18.1 Å². The van der Waals surface area contributed by atoms with E-state index < -0.39 is 42.1 Å². The number of ether oxygens (including phenoxy) is 1. The van der Waals surface area contributed by atoms with Crippen LogP contribution in [0.25, 0.3) is 0 Å². The number of nitrogens with zero attached hydrogens (tertiary/aromatic N) is 1. The van der Waals surface area contributed by atoms with Gasteiger partial charge in [0.1, 0.15) is 5.82 Å². The van der Waals surface area contributed by atoms with Crippen LogP contribution in [0.4, 0.5) is 14.9 Å². The lowest BCUT2D eigenvalue weighted by Crippen LogP contribution is -2.42. The van der Waals surface area contributed by atoms with Crippen molar-refractivity contribution in [1.29, 1.82) is 0 Å². The molecule has 0 spiro atoms. The van der Waals surface area contributed by atoms with Crippen molar-refractivity contribution in [3.05, 3.63) is 65.0 Å². The first kappa shape index (κ1) is 22.6. The van der Waals surface area contributed by atoms with Gasteiger partial charge < -0.3 is 10.1 Å². The molecule has 2 aromatic rings. The molecule has 2 aromatic carbocycles. The van der Waals surface area contributed by atoms with Gasteiger partial charge in [-0.1, -0.05) is 13.8 Å². The summed E-state index contributed by atoms with van der Waals surface area (Å²) in [7, 11) is 0. The molecule has 0 atom stereocenters. The first-order chi connectivity index (χ1) is 15.2. The number of nitrogens with one attached hydrogen (secondary N) is 2. The fraction of sp³-hybridized carbons (Fsp3) is 0.227. The highest BCUT2D eigenvalue weighted by atomic mass is 19.1. The molecule has 32 heavy (non-hydrogen) atoms. The predicted octanol–water partition coefficient (Wildman–Crippen LogP) is 2.26. The maximum atomic E-state index is 13.2. The van der Waals surface area contributed by atoms with Gasteiger partial charge in [-0.05, 0) is 48.4 Å². The van der Waals surface area contributed by atoms with Gasteiger partial charge in [-0.3, -0.25) is 19.7 Å². The number of amides is 5. The number of halogens is 1. The number of anilines is 1. The Kier molecular flexibility index (Phi) is 6.62. The van der Waals surface area contributed by atoms with Crippen molar-refractivity contribution < 1.29 is 33.1 Å². The summed E-state index contributed by atoms with van der Waals surface area (Å²) in [5.74, 6) is -3.34. The number of esters is 1. The highest BCUT2D eigenvalue weighted by Gasteiger charge is 2.37. The number of hydrogen-bond donors (Lipinski definition) is 2. The van der Waals surface area contributed by atoms with Crippen LogP contribution < -0.4 is 15.5 Å². The van der Waals surface area contributed by atoms with Gasteiger partial charge in [0.05, 0.1) is 22.4 Å². The topological polar surface area (TPSA) is 122 Å². The zero-order valence-corrected chi connectivity index (χ0v) is 17.3. The molecular formula is C22H20FN3O6. The Morgan fingerprint density at radius 1 is 1.00 bits per heavy atom. The Hall–Kier alpha value is -4.08. The molecule has 0 fully saturated rings. The summed E-state index contributed by atoms with van der Waals surface area (Å²) >= 11 is 0. The molecule has 1 aliphatic heterocycles. The molecule has 166 valence electrons. The zero-order chi connectivity index (χ0) is 23.4. The minimum atomic E-state index is -0.911. The van der Waals surface area contributed by atoms with E-state index in [1.165, 1.54) is 30.3 Å². The summed E-state index contributed by atoms with van der Waals surface area (Å²) in [4.78, 5) is 61.8. The average molecular weight is 441 g/mol. The summed E-state index contributed by atoms with van der Waals surface area (Å²) in [6.45, 7) is 3.44. The number of carbonyl (C=O) groups is 5. The van der Waals surface area contributed by atoms with Crippen molar-refractivity contribution in [3.63, 3.8) is 0 Å². The van der Waals surface area contributed by atoms with E-state index in [-0.39, 0.29) is 28.3 Å². The Balaban J connectivity index is 1.64. The third-order valence-electron chi connectivity index (χ3n) is 4.47. The van der Waals surface area contributed by atoms with Crippen molar-refractivity contribution in [1.82, 2.24) is 10.6 Å². The number of fused-ring (bicyclic) bond motifs is 1. The quantitative estimate of drug-likeness (QED) is 0.524. The first-order valence-corrected chi connectivity index (χ1v) is 9.70. The van der Waals surface area contributed by atoms with Crippen LogP contribution >= 0.6 is 0 Å². The second-order valence-electron chi connectivity index (χ2n) is 7.41. The molecule has 0 aliphatic carbocycles. The second kappa shape index (κ2) is 9.38. The van der Waals surface area contributed by atoms with E-state index >= 15 is 0 Å². The van der Waals surface area contributed by atoms with Crippen molar-refractivity contribution in [2.45, 2.75) is 13.8 Å². The van der Waals surface area contributed by atoms with Gasteiger partial charge in [0.15, 0.2) is 6.61 Å². The molecule has 1 aliphatic rings. The average Bonchev–Trinajstić information content (AvgIpc) is 3.01. The highest BCUT2D eigenvalue weighted by Crippen LogP contribution is 2.29. The molecule has 0 aromatic heterocycles. The van der Waals surface area contributed by atoms with E-state index in [2.05, 4.69) is 5.32 Å². The molecule has 9 nitrogen and oxygen atoms in total. The lowest BCUT2D eigenvalue weighted by Gasteiger charge is -2.13. The Bertz CT molecular complexity index is 1100. The lowest BCUT2D eigenvalue weighted by atomic mass is 10.1. The van der Waals surface area contributed by atoms with E-state index in [0.717, 1.165) is 17.0 Å². The van der Waals surface area contributed by atoms with Gasteiger partial charge in [0.25, 0.3) is 17.7 Å². The number of rotatable bonds is 6. The summed E-state index contributed by atoms with van der Waals surface area (Å²) in [5, 5.41) is 4.51. The molecule has 0 radical (unpaired) electrons. The van der Waals surface area contributed by atoms with Crippen LogP contribution in [-0.2, 0) is 9.53 Å². The summed E-state index contributed by atoms with van der Waals surface area (Å²) in [6, 6.07) is 7.90. The standard InChI is InChI=1S/C22H20FN3O6/c1-12(2)10-24-22(31)25-18(27)11-32-21(30)13-3-8-16-17(9-13)20(29)26(19(16)28)15-6-4-14(23)5-7-15/h3-9,12H,10-11H2,1-2H3,(H2,24,25,27,31). The third-order valence-corrected chi connectivity index (χ3v) is 4.47. The summed E-state index contributed by atoms with van der Waals surface area (Å²) < 4.78 is 18.0. The summed E-state index contributed by atoms with van der Waals surface area (Å²) in [5.41, 5.74) is 0.193. The van der Waals surface area contributed by atoms with Crippen molar-refractivity contribution in [2.24, 2.45) is 5.92 Å². The summed E-state index contributed by atoms with van der Waals surface area (Å²) in [6.07, 6.45) is 0. The highest BCUT2D eigenvalue weighted by molar-refractivity contribution is 6.34. The fourth-order valence-corrected chi connectivity index (χ4v) is 2.91. The van der Waals surface area contributed by atoms with Gasteiger partial charge >= 0.3 is 12.0 Å². The lowest BCUT2D eigenvalue weighted by molar-refractivity contribution is -0.123. The van der Waals surface area contributed by atoms with Crippen LogP contribution in [-0.4, -0.2) is 42.9 Å².